The average Bonchev–Trinajstić information content (AvgIpc) is 2.97. The van der Waals surface area contributed by atoms with Crippen molar-refractivity contribution >= 4 is 17.8 Å². The average molecular weight is 391 g/mol. The molecule has 0 aromatic heterocycles. The topological polar surface area (TPSA) is 78.5 Å². The van der Waals surface area contributed by atoms with E-state index in [1.54, 1.807) is 0 Å². The molecule has 2 aromatic carbocycles. The van der Waals surface area contributed by atoms with E-state index in [4.69, 9.17) is 0 Å². The van der Waals surface area contributed by atoms with Crippen LogP contribution in [0.2, 0.25) is 0 Å². The van der Waals surface area contributed by atoms with Crippen molar-refractivity contribution in [3.05, 3.63) is 71.3 Å². The summed E-state index contributed by atoms with van der Waals surface area (Å²) in [5.41, 5.74) is 2.13. The van der Waals surface area contributed by atoms with Crippen molar-refractivity contribution in [1.29, 1.82) is 0 Å². The van der Waals surface area contributed by atoms with E-state index in [-0.39, 0.29) is 18.4 Å². The minimum Gasteiger partial charge on any atom is -0.355 e. The number of urea groups is 1. The molecule has 4 rings (SSSR count). The number of rotatable bonds is 6. The lowest BCUT2D eigenvalue weighted by Crippen LogP contribution is -2.47. The largest absolute Gasteiger partial charge is 0.355 e. The van der Waals surface area contributed by atoms with Crippen LogP contribution < -0.4 is 10.6 Å². The molecule has 2 N–H and O–H groups in total. The van der Waals surface area contributed by atoms with Crippen molar-refractivity contribution in [2.24, 2.45) is 0 Å². The number of carbonyl (C=O) groups excluding carboxylic acids is 3. The lowest BCUT2D eigenvalue weighted by atomic mass is 9.76. The van der Waals surface area contributed by atoms with Crippen LogP contribution in [-0.4, -0.2) is 35.8 Å². The van der Waals surface area contributed by atoms with Crippen LogP contribution in [-0.2, 0) is 28.0 Å². The molecule has 1 atom stereocenters. The zero-order valence-electron chi connectivity index (χ0n) is 16.3. The van der Waals surface area contributed by atoms with Gasteiger partial charge in [0.15, 0.2) is 0 Å². The normalized spacial score (nSPS) is 20.5. The monoisotopic (exact) mass is 391 g/mol. The fourth-order valence-corrected chi connectivity index (χ4v) is 4.32. The van der Waals surface area contributed by atoms with Crippen LogP contribution in [0.15, 0.2) is 54.6 Å². The highest BCUT2D eigenvalue weighted by Crippen LogP contribution is 2.39. The number of carbonyl (C=O) groups is 3. The summed E-state index contributed by atoms with van der Waals surface area (Å²) in [4.78, 5) is 39.1. The molecule has 6 nitrogen and oxygen atoms in total. The van der Waals surface area contributed by atoms with Crippen molar-refractivity contribution in [3.8, 4) is 0 Å². The van der Waals surface area contributed by atoms with Crippen molar-refractivity contribution in [1.82, 2.24) is 15.5 Å². The van der Waals surface area contributed by atoms with Gasteiger partial charge in [-0.1, -0.05) is 54.6 Å². The van der Waals surface area contributed by atoms with Crippen LogP contribution in [0.25, 0.3) is 0 Å². The quantitative estimate of drug-likeness (QED) is 0.587. The number of hydrogen-bond donors (Lipinski definition) is 2. The van der Waals surface area contributed by atoms with E-state index in [2.05, 4.69) is 22.8 Å². The maximum absolute atomic E-state index is 13.2. The maximum atomic E-state index is 13.2. The minimum absolute atomic E-state index is 0.250. The third-order valence-electron chi connectivity index (χ3n) is 5.76. The number of aryl methyl sites for hydroxylation is 2. The molecule has 6 heteroatoms. The Kier molecular flexibility index (Phi) is 5.34. The molecule has 1 fully saturated rings. The van der Waals surface area contributed by atoms with Crippen LogP contribution in [0.1, 0.15) is 36.0 Å². The van der Waals surface area contributed by atoms with Gasteiger partial charge in [-0.25, -0.2) is 4.79 Å². The van der Waals surface area contributed by atoms with Crippen molar-refractivity contribution < 1.29 is 14.4 Å². The van der Waals surface area contributed by atoms with Gasteiger partial charge in [-0.2, -0.15) is 0 Å². The summed E-state index contributed by atoms with van der Waals surface area (Å²) in [6, 6.07) is 17.3. The second-order valence-corrected chi connectivity index (χ2v) is 7.68. The van der Waals surface area contributed by atoms with Gasteiger partial charge >= 0.3 is 6.03 Å². The predicted octanol–water partition coefficient (Wildman–Crippen LogP) is 2.52. The molecule has 0 bridgehead atoms. The maximum Gasteiger partial charge on any atom is 0.325 e. The van der Waals surface area contributed by atoms with Crippen LogP contribution in [0.5, 0.6) is 0 Å². The number of fused-ring (bicyclic) bond motifs is 2. The number of nitrogens with one attached hydrogen (secondary N) is 2. The van der Waals surface area contributed by atoms with Gasteiger partial charge < -0.3 is 10.6 Å². The van der Waals surface area contributed by atoms with Gasteiger partial charge in [0, 0.05) is 6.54 Å². The highest BCUT2D eigenvalue weighted by Gasteiger charge is 2.54. The molecule has 150 valence electrons. The van der Waals surface area contributed by atoms with Crippen LogP contribution in [0.4, 0.5) is 4.79 Å². The van der Waals surface area contributed by atoms with Gasteiger partial charge in [0.05, 0.1) is 0 Å². The molecular formula is C23H25N3O3. The molecule has 29 heavy (non-hydrogen) atoms. The molecule has 1 aliphatic carbocycles. The van der Waals surface area contributed by atoms with Crippen LogP contribution >= 0.6 is 0 Å². The van der Waals surface area contributed by atoms with E-state index in [1.165, 1.54) is 5.56 Å². The Morgan fingerprint density at radius 2 is 1.83 bits per heavy atom. The van der Waals surface area contributed by atoms with Gasteiger partial charge in [-0.05, 0) is 48.8 Å². The summed E-state index contributed by atoms with van der Waals surface area (Å²) in [5.74, 6) is -0.642. The van der Waals surface area contributed by atoms with Crippen molar-refractivity contribution in [3.63, 3.8) is 0 Å². The Bertz CT molecular complexity index is 928. The number of nitrogens with zero attached hydrogens (tertiary/aromatic N) is 1. The Morgan fingerprint density at radius 3 is 2.66 bits per heavy atom. The van der Waals surface area contributed by atoms with Crippen molar-refractivity contribution in [2.75, 3.05) is 13.1 Å². The lowest BCUT2D eigenvalue weighted by molar-refractivity contribution is -0.135. The van der Waals surface area contributed by atoms with Gasteiger partial charge in [0.2, 0.25) is 5.91 Å². The van der Waals surface area contributed by atoms with Gasteiger partial charge in [-0.3, -0.25) is 14.5 Å². The van der Waals surface area contributed by atoms with Crippen LogP contribution in [0, 0.1) is 0 Å². The molecule has 2 aliphatic rings. The highest BCUT2D eigenvalue weighted by atomic mass is 16.2. The zero-order valence-corrected chi connectivity index (χ0v) is 16.3. The molecule has 2 aromatic rings. The van der Waals surface area contributed by atoms with E-state index in [9.17, 15) is 14.4 Å². The third kappa shape index (κ3) is 3.75. The number of benzene rings is 2. The van der Waals surface area contributed by atoms with Gasteiger partial charge in [0.1, 0.15) is 12.1 Å². The van der Waals surface area contributed by atoms with Crippen molar-refractivity contribution in [2.45, 2.75) is 37.6 Å². The minimum atomic E-state index is -1.03. The Hall–Kier alpha value is -3.15. The lowest BCUT2D eigenvalue weighted by Gasteiger charge is -2.33. The second kappa shape index (κ2) is 8.07. The van der Waals surface area contributed by atoms with E-state index in [1.807, 2.05) is 42.5 Å². The van der Waals surface area contributed by atoms with E-state index in [0.717, 1.165) is 41.7 Å². The molecule has 1 heterocycles. The molecular weight excluding hydrogens is 366 g/mol. The molecule has 1 aliphatic heterocycles. The Balaban J connectivity index is 1.36. The fourth-order valence-electron chi connectivity index (χ4n) is 4.32. The van der Waals surface area contributed by atoms with Gasteiger partial charge in [0.25, 0.3) is 5.91 Å². The zero-order chi connectivity index (χ0) is 20.3. The first kappa shape index (κ1) is 19.2. The highest BCUT2D eigenvalue weighted by molar-refractivity contribution is 6.09. The fraction of sp³-hybridized carbons (Fsp3) is 0.348. The predicted molar refractivity (Wildman–Crippen MR) is 109 cm³/mol. The summed E-state index contributed by atoms with van der Waals surface area (Å²) < 4.78 is 0. The first-order valence-electron chi connectivity index (χ1n) is 10.1. The number of imide groups is 1. The molecule has 1 spiro atoms. The summed E-state index contributed by atoms with van der Waals surface area (Å²) >= 11 is 0. The van der Waals surface area contributed by atoms with E-state index in [0.29, 0.717) is 13.0 Å². The summed E-state index contributed by atoms with van der Waals surface area (Å²) in [6.07, 6.45) is 3.94. The first-order chi connectivity index (χ1) is 14.1. The van der Waals surface area contributed by atoms with Gasteiger partial charge in [-0.15, -0.1) is 0 Å². The molecule has 1 saturated heterocycles. The molecule has 0 radical (unpaired) electrons. The summed E-state index contributed by atoms with van der Waals surface area (Å²) in [6.45, 7) is 0.255. The standard InChI is InChI=1S/C23H25N3O3/c27-20(24-15-7-10-17-8-2-1-3-9-17)16-26-21(28)23(25-22(26)29)14-6-12-18-11-4-5-13-19(18)23/h1-5,8-9,11,13H,6-7,10,12,14-16H2,(H,24,27)(H,25,29)/t23-/m0/s1. The van der Waals surface area contributed by atoms with E-state index >= 15 is 0 Å². The van der Waals surface area contributed by atoms with E-state index < -0.39 is 11.6 Å². The molecule has 4 amide bonds. The Morgan fingerprint density at radius 1 is 1.07 bits per heavy atom. The second-order valence-electron chi connectivity index (χ2n) is 7.68. The van der Waals surface area contributed by atoms with Crippen LogP contribution in [0.3, 0.4) is 0 Å². The third-order valence-corrected chi connectivity index (χ3v) is 5.76. The summed E-state index contributed by atoms with van der Waals surface area (Å²) in [5, 5.41) is 5.70. The number of hydrogen-bond acceptors (Lipinski definition) is 3. The first-order valence-corrected chi connectivity index (χ1v) is 10.1. The molecule has 0 unspecified atom stereocenters. The SMILES string of the molecule is O=C(CN1C(=O)N[C@]2(CCCc3ccccc32)C1=O)NCCCc1ccccc1. The summed E-state index contributed by atoms with van der Waals surface area (Å²) in [7, 11) is 0. The molecule has 0 saturated carbocycles. The number of amides is 4. The smallest absolute Gasteiger partial charge is 0.325 e. The Labute approximate surface area is 170 Å².